The van der Waals surface area contributed by atoms with Crippen molar-refractivity contribution >= 4 is 15.9 Å². The minimum atomic E-state index is -0.740. The van der Waals surface area contributed by atoms with E-state index in [2.05, 4.69) is 15.9 Å². The average Bonchev–Trinajstić information content (AvgIpc) is 2.14. The van der Waals surface area contributed by atoms with Gasteiger partial charge in [0.05, 0.1) is 6.10 Å². The Bertz CT molecular complexity index is 352. The van der Waals surface area contributed by atoms with Crippen LogP contribution in [0.1, 0.15) is 22.8 Å². The number of benzene rings is 1. The fourth-order valence-electron chi connectivity index (χ4n) is 1.47. The second-order valence-corrected chi connectivity index (χ2v) is 4.17. The van der Waals surface area contributed by atoms with Gasteiger partial charge in [-0.2, -0.15) is 0 Å². The third-order valence-electron chi connectivity index (χ3n) is 2.29. The third-order valence-corrected chi connectivity index (χ3v) is 2.95. The Hall–Kier alpha value is -0.580. The Morgan fingerprint density at radius 2 is 2.07 bits per heavy atom. The Morgan fingerprint density at radius 3 is 2.57 bits per heavy atom. The van der Waals surface area contributed by atoms with E-state index in [0.29, 0.717) is 11.1 Å². The van der Waals surface area contributed by atoms with Crippen LogP contribution >= 0.6 is 15.9 Å². The predicted octanol–water partition coefficient (Wildman–Crippen LogP) is 1.76. The van der Waals surface area contributed by atoms with Crippen molar-refractivity contribution in [2.24, 2.45) is 5.73 Å². The minimum absolute atomic E-state index is 0.141. The van der Waals surface area contributed by atoms with Crippen molar-refractivity contribution in [2.75, 3.05) is 6.54 Å². The van der Waals surface area contributed by atoms with E-state index in [0.717, 1.165) is 10.0 Å². The lowest BCUT2D eigenvalue weighted by atomic mass is 10.00. The summed E-state index contributed by atoms with van der Waals surface area (Å²) in [6.07, 6.45) is -0.740. The number of hydrogen-bond acceptors (Lipinski definition) is 3. The zero-order valence-corrected chi connectivity index (χ0v) is 9.80. The molecule has 0 aliphatic carbocycles. The van der Waals surface area contributed by atoms with Gasteiger partial charge >= 0.3 is 0 Å². The van der Waals surface area contributed by atoms with Crippen LogP contribution in [0.15, 0.2) is 10.5 Å². The number of hydrogen-bond donors (Lipinski definition) is 3. The number of phenolic OH excluding ortho intramolecular Hbond substituents is 1. The number of halogens is 1. The summed E-state index contributed by atoms with van der Waals surface area (Å²) in [5, 5.41) is 19.3. The molecule has 1 aromatic rings. The zero-order valence-electron chi connectivity index (χ0n) is 8.21. The Morgan fingerprint density at radius 1 is 1.50 bits per heavy atom. The maximum absolute atomic E-state index is 9.68. The molecular weight excluding hydrogens is 246 g/mol. The topological polar surface area (TPSA) is 66.5 Å². The summed E-state index contributed by atoms with van der Waals surface area (Å²) in [7, 11) is 0. The standard InChI is InChI=1S/C10H14BrNO2/c1-5-3-7(11)9(8(13)4-12)6(2)10(5)14/h3,8,13-14H,4,12H2,1-2H3. The molecule has 0 fully saturated rings. The average molecular weight is 260 g/mol. The molecule has 1 atom stereocenters. The van der Waals surface area contributed by atoms with Crippen molar-refractivity contribution in [1.82, 2.24) is 0 Å². The van der Waals surface area contributed by atoms with Crippen molar-refractivity contribution in [3.05, 3.63) is 27.2 Å². The largest absolute Gasteiger partial charge is 0.507 e. The fourth-order valence-corrected chi connectivity index (χ4v) is 2.37. The second kappa shape index (κ2) is 4.29. The molecule has 78 valence electrons. The number of aromatic hydroxyl groups is 1. The van der Waals surface area contributed by atoms with Crippen molar-refractivity contribution in [3.63, 3.8) is 0 Å². The zero-order chi connectivity index (χ0) is 10.9. The Balaban J connectivity index is 3.36. The van der Waals surface area contributed by atoms with E-state index in [1.54, 1.807) is 13.0 Å². The molecule has 1 aromatic carbocycles. The Labute approximate surface area is 91.7 Å². The summed E-state index contributed by atoms with van der Waals surface area (Å²) in [4.78, 5) is 0. The highest BCUT2D eigenvalue weighted by molar-refractivity contribution is 9.10. The lowest BCUT2D eigenvalue weighted by Crippen LogP contribution is -2.13. The highest BCUT2D eigenvalue weighted by Crippen LogP contribution is 2.34. The lowest BCUT2D eigenvalue weighted by Gasteiger charge is -2.16. The van der Waals surface area contributed by atoms with E-state index in [4.69, 9.17) is 5.73 Å². The van der Waals surface area contributed by atoms with Crippen LogP contribution in [0.25, 0.3) is 0 Å². The molecule has 0 amide bonds. The van der Waals surface area contributed by atoms with Crippen LogP contribution in [0, 0.1) is 13.8 Å². The van der Waals surface area contributed by atoms with Gasteiger partial charge in [0.1, 0.15) is 5.75 Å². The molecule has 0 spiro atoms. The monoisotopic (exact) mass is 259 g/mol. The van der Waals surface area contributed by atoms with Crippen molar-refractivity contribution in [2.45, 2.75) is 20.0 Å². The summed E-state index contributed by atoms with van der Waals surface area (Å²) in [5.74, 6) is 0.218. The van der Waals surface area contributed by atoms with Crippen LogP contribution in [0.5, 0.6) is 5.75 Å². The van der Waals surface area contributed by atoms with Crippen molar-refractivity contribution in [3.8, 4) is 5.75 Å². The van der Waals surface area contributed by atoms with Crippen molar-refractivity contribution in [1.29, 1.82) is 0 Å². The molecule has 0 radical (unpaired) electrons. The molecule has 3 nitrogen and oxygen atoms in total. The smallest absolute Gasteiger partial charge is 0.121 e. The maximum atomic E-state index is 9.68. The van der Waals surface area contributed by atoms with Crippen LogP contribution < -0.4 is 5.73 Å². The normalized spacial score (nSPS) is 12.9. The van der Waals surface area contributed by atoms with Crippen LogP contribution in [0.4, 0.5) is 0 Å². The van der Waals surface area contributed by atoms with Crippen LogP contribution in [0.2, 0.25) is 0 Å². The molecule has 0 saturated carbocycles. The maximum Gasteiger partial charge on any atom is 0.121 e. The van der Waals surface area contributed by atoms with Gasteiger partial charge in [-0.05, 0) is 31.0 Å². The van der Waals surface area contributed by atoms with E-state index >= 15 is 0 Å². The summed E-state index contributed by atoms with van der Waals surface area (Å²) in [6, 6.07) is 1.77. The number of aliphatic hydroxyl groups is 1. The first-order valence-corrected chi connectivity index (χ1v) is 5.15. The van der Waals surface area contributed by atoms with Crippen LogP contribution in [-0.2, 0) is 0 Å². The molecule has 0 aromatic heterocycles. The van der Waals surface area contributed by atoms with E-state index in [1.807, 2.05) is 6.92 Å². The van der Waals surface area contributed by atoms with Gasteiger partial charge in [0, 0.05) is 16.6 Å². The molecule has 4 N–H and O–H groups in total. The Kier molecular flexibility index (Phi) is 3.53. The summed E-state index contributed by atoms with van der Waals surface area (Å²) in [5.41, 5.74) is 7.50. The molecule has 1 rings (SSSR count). The first-order chi connectivity index (χ1) is 6.49. The lowest BCUT2D eigenvalue weighted by molar-refractivity contribution is 0.184. The molecule has 14 heavy (non-hydrogen) atoms. The molecular formula is C10H14BrNO2. The summed E-state index contributed by atoms with van der Waals surface area (Å²) < 4.78 is 0.781. The van der Waals surface area contributed by atoms with Gasteiger partial charge in [-0.3, -0.25) is 0 Å². The van der Waals surface area contributed by atoms with Gasteiger partial charge in [0.2, 0.25) is 0 Å². The molecule has 0 bridgehead atoms. The summed E-state index contributed by atoms with van der Waals surface area (Å²) >= 11 is 3.35. The molecule has 0 aliphatic rings. The van der Waals surface area contributed by atoms with Gasteiger partial charge < -0.3 is 15.9 Å². The van der Waals surface area contributed by atoms with Gasteiger partial charge in [0.25, 0.3) is 0 Å². The number of nitrogens with two attached hydrogens (primary N) is 1. The van der Waals surface area contributed by atoms with Gasteiger partial charge in [-0.25, -0.2) is 0 Å². The number of aliphatic hydroxyl groups excluding tert-OH is 1. The minimum Gasteiger partial charge on any atom is -0.507 e. The molecule has 0 heterocycles. The summed E-state index contributed by atoms with van der Waals surface area (Å²) in [6.45, 7) is 3.72. The predicted molar refractivity (Wildman–Crippen MR) is 59.3 cm³/mol. The third kappa shape index (κ3) is 1.92. The number of phenols is 1. The second-order valence-electron chi connectivity index (χ2n) is 3.31. The number of aryl methyl sites for hydroxylation is 1. The quantitative estimate of drug-likeness (QED) is 0.759. The van der Waals surface area contributed by atoms with Gasteiger partial charge in [-0.1, -0.05) is 15.9 Å². The number of rotatable bonds is 2. The molecule has 1 unspecified atom stereocenters. The first kappa shape index (κ1) is 11.5. The van der Waals surface area contributed by atoms with Crippen LogP contribution in [0.3, 0.4) is 0 Å². The molecule has 0 aliphatic heterocycles. The van der Waals surface area contributed by atoms with E-state index < -0.39 is 6.10 Å². The van der Waals surface area contributed by atoms with E-state index in [-0.39, 0.29) is 12.3 Å². The SMILES string of the molecule is Cc1cc(Br)c(C(O)CN)c(C)c1O. The van der Waals surface area contributed by atoms with Gasteiger partial charge in [0.15, 0.2) is 0 Å². The van der Waals surface area contributed by atoms with E-state index in [1.165, 1.54) is 0 Å². The van der Waals surface area contributed by atoms with Crippen molar-refractivity contribution < 1.29 is 10.2 Å². The highest BCUT2D eigenvalue weighted by atomic mass is 79.9. The molecule has 0 saturated heterocycles. The highest BCUT2D eigenvalue weighted by Gasteiger charge is 2.16. The fraction of sp³-hybridized carbons (Fsp3) is 0.400. The van der Waals surface area contributed by atoms with Crippen LogP contribution in [-0.4, -0.2) is 16.8 Å². The van der Waals surface area contributed by atoms with Gasteiger partial charge in [-0.15, -0.1) is 0 Å². The first-order valence-electron chi connectivity index (χ1n) is 4.35. The van der Waals surface area contributed by atoms with E-state index in [9.17, 15) is 10.2 Å². The molecule has 4 heteroatoms.